The molecule has 6 heteroatoms. The van der Waals surface area contributed by atoms with E-state index in [-0.39, 0.29) is 17.9 Å². The summed E-state index contributed by atoms with van der Waals surface area (Å²) in [5.74, 6) is -2.18. The standard InChI is InChI=1S/C11H14O6/c1-7(11(14)15)6-10(17-9(3)13)4-5-16-8(2)12/h4,6H,5H2,1-3H3,(H,14,15)/b7-6+,10-4+. The number of hydrogen-bond acceptors (Lipinski definition) is 5. The smallest absolute Gasteiger partial charge is 0.331 e. The molecule has 0 saturated carbocycles. The molecule has 0 aromatic carbocycles. The number of carbonyl (C=O) groups excluding carboxylic acids is 2. The lowest BCUT2D eigenvalue weighted by Crippen LogP contribution is -2.04. The number of esters is 2. The van der Waals surface area contributed by atoms with Gasteiger partial charge in [0.15, 0.2) is 0 Å². The van der Waals surface area contributed by atoms with Crippen LogP contribution in [-0.2, 0) is 23.9 Å². The van der Waals surface area contributed by atoms with Crippen molar-refractivity contribution in [3.63, 3.8) is 0 Å². The molecule has 0 amide bonds. The zero-order valence-corrected chi connectivity index (χ0v) is 9.85. The molecule has 0 unspecified atom stereocenters. The molecule has 0 rings (SSSR count). The van der Waals surface area contributed by atoms with Crippen LogP contribution in [0.1, 0.15) is 20.8 Å². The predicted octanol–water partition coefficient (Wildman–Crippen LogP) is 1.03. The van der Waals surface area contributed by atoms with Crippen LogP contribution in [0.25, 0.3) is 0 Å². The van der Waals surface area contributed by atoms with Gasteiger partial charge in [-0.15, -0.1) is 0 Å². The van der Waals surface area contributed by atoms with Gasteiger partial charge in [-0.3, -0.25) is 9.59 Å². The van der Waals surface area contributed by atoms with Crippen molar-refractivity contribution in [3.8, 4) is 0 Å². The Balaban J connectivity index is 4.75. The molecule has 17 heavy (non-hydrogen) atoms. The summed E-state index contributed by atoms with van der Waals surface area (Å²) in [6.45, 7) is 3.67. The maximum Gasteiger partial charge on any atom is 0.331 e. The van der Waals surface area contributed by atoms with Crippen LogP contribution in [0.15, 0.2) is 23.5 Å². The van der Waals surface area contributed by atoms with Crippen molar-refractivity contribution in [1.82, 2.24) is 0 Å². The lowest BCUT2D eigenvalue weighted by Gasteiger charge is -2.03. The molecule has 0 aliphatic rings. The molecule has 0 aliphatic carbocycles. The average Bonchev–Trinajstić information content (AvgIpc) is 2.15. The van der Waals surface area contributed by atoms with Gasteiger partial charge in [0.1, 0.15) is 12.4 Å². The molecule has 0 atom stereocenters. The SMILES string of the molecule is CC(=O)OC/C=C(\C=C(/C)C(=O)O)OC(C)=O. The molecule has 0 fully saturated rings. The van der Waals surface area contributed by atoms with Crippen molar-refractivity contribution in [1.29, 1.82) is 0 Å². The Kier molecular flexibility index (Phi) is 6.32. The summed E-state index contributed by atoms with van der Waals surface area (Å²) in [5, 5.41) is 8.66. The predicted molar refractivity (Wildman–Crippen MR) is 57.9 cm³/mol. The summed E-state index contributed by atoms with van der Waals surface area (Å²) in [5.41, 5.74) is 0.000301. The van der Waals surface area contributed by atoms with Gasteiger partial charge in [-0.05, 0) is 19.1 Å². The third-order valence-corrected chi connectivity index (χ3v) is 1.53. The van der Waals surface area contributed by atoms with E-state index in [2.05, 4.69) is 4.74 Å². The van der Waals surface area contributed by atoms with Gasteiger partial charge in [0.05, 0.1) is 0 Å². The van der Waals surface area contributed by atoms with Crippen molar-refractivity contribution < 1.29 is 29.0 Å². The molecule has 0 aromatic heterocycles. The minimum Gasteiger partial charge on any atom is -0.478 e. The van der Waals surface area contributed by atoms with Crippen LogP contribution in [0.3, 0.4) is 0 Å². The third kappa shape index (κ3) is 7.78. The summed E-state index contributed by atoms with van der Waals surface area (Å²) < 4.78 is 9.36. The van der Waals surface area contributed by atoms with Crippen LogP contribution < -0.4 is 0 Å². The third-order valence-electron chi connectivity index (χ3n) is 1.53. The normalized spacial score (nSPS) is 11.9. The van der Waals surface area contributed by atoms with E-state index in [1.807, 2.05) is 0 Å². The molecule has 6 nitrogen and oxygen atoms in total. The highest BCUT2D eigenvalue weighted by Gasteiger charge is 2.05. The highest BCUT2D eigenvalue weighted by molar-refractivity contribution is 5.86. The summed E-state index contributed by atoms with van der Waals surface area (Å²) in [6.07, 6.45) is 2.47. The molecule has 1 N–H and O–H groups in total. The fourth-order valence-electron chi connectivity index (χ4n) is 0.812. The van der Waals surface area contributed by atoms with Crippen LogP contribution in [0.4, 0.5) is 0 Å². The zero-order valence-electron chi connectivity index (χ0n) is 9.85. The quantitative estimate of drug-likeness (QED) is 0.335. The highest BCUT2D eigenvalue weighted by atomic mass is 16.5. The fourth-order valence-corrected chi connectivity index (χ4v) is 0.812. The summed E-state index contributed by atoms with van der Waals surface area (Å²) in [6, 6.07) is 0. The Hall–Kier alpha value is -2.11. The number of aliphatic carboxylic acids is 1. The maximum absolute atomic E-state index is 10.8. The van der Waals surface area contributed by atoms with Gasteiger partial charge in [-0.2, -0.15) is 0 Å². The lowest BCUT2D eigenvalue weighted by atomic mass is 10.2. The Morgan fingerprint density at radius 2 is 1.71 bits per heavy atom. The Morgan fingerprint density at radius 3 is 2.12 bits per heavy atom. The van der Waals surface area contributed by atoms with Gasteiger partial charge in [0.25, 0.3) is 0 Å². The monoisotopic (exact) mass is 242 g/mol. The maximum atomic E-state index is 10.8. The molecule has 0 radical (unpaired) electrons. The summed E-state index contributed by atoms with van der Waals surface area (Å²) in [7, 11) is 0. The van der Waals surface area contributed by atoms with Crippen molar-refractivity contribution >= 4 is 17.9 Å². The minimum atomic E-state index is -1.13. The van der Waals surface area contributed by atoms with E-state index in [1.54, 1.807) is 0 Å². The number of ether oxygens (including phenoxy) is 2. The van der Waals surface area contributed by atoms with E-state index in [9.17, 15) is 14.4 Å². The number of carbonyl (C=O) groups is 3. The lowest BCUT2D eigenvalue weighted by molar-refractivity contribution is -0.139. The average molecular weight is 242 g/mol. The molecule has 0 saturated heterocycles. The largest absolute Gasteiger partial charge is 0.478 e. The van der Waals surface area contributed by atoms with Crippen LogP contribution in [0, 0.1) is 0 Å². The Bertz CT molecular complexity index is 377. The van der Waals surface area contributed by atoms with Gasteiger partial charge in [-0.1, -0.05) is 0 Å². The second-order valence-corrected chi connectivity index (χ2v) is 3.14. The molecule has 0 bridgehead atoms. The first-order valence-corrected chi connectivity index (χ1v) is 4.76. The molecular weight excluding hydrogens is 228 g/mol. The van der Waals surface area contributed by atoms with Crippen molar-refractivity contribution in [2.75, 3.05) is 6.61 Å². The van der Waals surface area contributed by atoms with Gasteiger partial charge in [0, 0.05) is 19.4 Å². The number of hydrogen-bond donors (Lipinski definition) is 1. The fraction of sp³-hybridized carbons (Fsp3) is 0.364. The van der Waals surface area contributed by atoms with Crippen LogP contribution in [-0.4, -0.2) is 29.6 Å². The van der Waals surface area contributed by atoms with E-state index >= 15 is 0 Å². The Morgan fingerprint density at radius 1 is 1.12 bits per heavy atom. The molecule has 94 valence electrons. The molecular formula is C11H14O6. The van der Waals surface area contributed by atoms with Crippen molar-refractivity contribution in [2.24, 2.45) is 0 Å². The number of rotatable bonds is 5. The second-order valence-electron chi connectivity index (χ2n) is 3.14. The van der Waals surface area contributed by atoms with Crippen LogP contribution >= 0.6 is 0 Å². The van der Waals surface area contributed by atoms with Crippen LogP contribution in [0.2, 0.25) is 0 Å². The van der Waals surface area contributed by atoms with E-state index < -0.39 is 17.9 Å². The van der Waals surface area contributed by atoms with Crippen LogP contribution in [0.5, 0.6) is 0 Å². The van der Waals surface area contributed by atoms with E-state index in [1.165, 1.54) is 32.9 Å². The Labute approximate surface area is 98.5 Å². The number of allylic oxidation sites excluding steroid dienone is 1. The van der Waals surface area contributed by atoms with Gasteiger partial charge in [-0.25, -0.2) is 4.79 Å². The topological polar surface area (TPSA) is 89.9 Å². The molecule has 0 heterocycles. The van der Waals surface area contributed by atoms with Crippen molar-refractivity contribution in [2.45, 2.75) is 20.8 Å². The van der Waals surface area contributed by atoms with E-state index in [4.69, 9.17) is 9.84 Å². The number of carboxylic acid groups (broad SMARTS) is 1. The van der Waals surface area contributed by atoms with Gasteiger partial charge in [0.2, 0.25) is 0 Å². The number of carboxylic acids is 1. The molecule has 0 aliphatic heterocycles. The second kappa shape index (κ2) is 7.21. The first-order valence-electron chi connectivity index (χ1n) is 4.76. The highest BCUT2D eigenvalue weighted by Crippen LogP contribution is 2.05. The van der Waals surface area contributed by atoms with Gasteiger partial charge < -0.3 is 14.6 Å². The summed E-state index contributed by atoms with van der Waals surface area (Å²) >= 11 is 0. The van der Waals surface area contributed by atoms with Crippen molar-refractivity contribution in [3.05, 3.63) is 23.5 Å². The minimum absolute atomic E-state index is 0.000301. The summed E-state index contributed by atoms with van der Waals surface area (Å²) in [4.78, 5) is 31.8. The molecule has 0 spiro atoms. The van der Waals surface area contributed by atoms with Gasteiger partial charge >= 0.3 is 17.9 Å². The molecule has 0 aromatic rings. The first-order chi connectivity index (χ1) is 7.82. The van der Waals surface area contributed by atoms with E-state index in [0.717, 1.165) is 0 Å². The first kappa shape index (κ1) is 14.9. The zero-order chi connectivity index (χ0) is 13.4. The van der Waals surface area contributed by atoms with E-state index in [0.29, 0.717) is 0 Å².